The van der Waals surface area contributed by atoms with Crippen molar-refractivity contribution in [1.29, 1.82) is 0 Å². The average Bonchev–Trinajstić information content (AvgIpc) is 2.62. The maximum absolute atomic E-state index is 12.7. The standard InChI is InChI=1S/C19H21N3O2/c1-14-11-16(13-20-12-14)21-18(23)19(24)22-10-6-5-9-17(22)15-7-3-2-4-8-15/h2-4,7-8,11-13,17H,5-6,9-10H2,1H3,(H,21,23)/t17-/m0/s1. The molecule has 3 rings (SSSR count). The van der Waals surface area contributed by atoms with Gasteiger partial charge in [-0.3, -0.25) is 14.6 Å². The van der Waals surface area contributed by atoms with Crippen LogP contribution in [0.25, 0.3) is 0 Å². The molecule has 1 N–H and O–H groups in total. The average molecular weight is 323 g/mol. The molecule has 1 aliphatic heterocycles. The molecular formula is C19H21N3O2. The zero-order chi connectivity index (χ0) is 16.9. The fourth-order valence-electron chi connectivity index (χ4n) is 3.13. The number of rotatable bonds is 2. The van der Waals surface area contributed by atoms with Crippen LogP contribution in [-0.2, 0) is 9.59 Å². The Morgan fingerprint density at radius 3 is 2.71 bits per heavy atom. The van der Waals surface area contributed by atoms with E-state index in [0.717, 1.165) is 30.4 Å². The molecule has 2 aromatic rings. The number of carbonyl (C=O) groups is 2. The number of amides is 2. The van der Waals surface area contributed by atoms with Gasteiger partial charge in [0.15, 0.2) is 0 Å². The normalized spacial score (nSPS) is 17.4. The van der Waals surface area contributed by atoms with Crippen molar-refractivity contribution in [1.82, 2.24) is 9.88 Å². The van der Waals surface area contributed by atoms with Crippen LogP contribution in [0.15, 0.2) is 48.8 Å². The summed E-state index contributed by atoms with van der Waals surface area (Å²) in [6.07, 6.45) is 6.12. The number of anilines is 1. The first-order chi connectivity index (χ1) is 11.6. The Labute approximate surface area is 141 Å². The summed E-state index contributed by atoms with van der Waals surface area (Å²) in [5.74, 6) is -1.09. The third-order valence-corrected chi connectivity index (χ3v) is 4.28. The van der Waals surface area contributed by atoms with Gasteiger partial charge in [0.2, 0.25) is 0 Å². The molecular weight excluding hydrogens is 302 g/mol. The highest BCUT2D eigenvalue weighted by atomic mass is 16.2. The lowest BCUT2D eigenvalue weighted by Gasteiger charge is -2.35. The van der Waals surface area contributed by atoms with E-state index in [-0.39, 0.29) is 6.04 Å². The lowest BCUT2D eigenvalue weighted by atomic mass is 9.95. The number of pyridine rings is 1. The van der Waals surface area contributed by atoms with Gasteiger partial charge in [0.1, 0.15) is 0 Å². The molecule has 1 saturated heterocycles. The van der Waals surface area contributed by atoms with Crippen LogP contribution in [0, 0.1) is 6.92 Å². The van der Waals surface area contributed by atoms with Gasteiger partial charge in [-0.05, 0) is 43.4 Å². The maximum Gasteiger partial charge on any atom is 0.313 e. The molecule has 5 nitrogen and oxygen atoms in total. The van der Waals surface area contributed by atoms with Crippen molar-refractivity contribution in [2.75, 3.05) is 11.9 Å². The van der Waals surface area contributed by atoms with Gasteiger partial charge in [-0.25, -0.2) is 0 Å². The van der Waals surface area contributed by atoms with Crippen molar-refractivity contribution >= 4 is 17.5 Å². The second-order valence-electron chi connectivity index (χ2n) is 6.13. The number of benzene rings is 1. The number of piperidine rings is 1. The Balaban J connectivity index is 1.75. The van der Waals surface area contributed by atoms with Gasteiger partial charge in [0, 0.05) is 12.7 Å². The van der Waals surface area contributed by atoms with Crippen molar-refractivity contribution < 1.29 is 9.59 Å². The van der Waals surface area contributed by atoms with Crippen molar-refractivity contribution in [3.05, 3.63) is 59.9 Å². The highest BCUT2D eigenvalue weighted by Crippen LogP contribution is 2.30. The zero-order valence-corrected chi connectivity index (χ0v) is 13.7. The topological polar surface area (TPSA) is 62.3 Å². The monoisotopic (exact) mass is 323 g/mol. The molecule has 1 aromatic carbocycles. The molecule has 0 aliphatic carbocycles. The van der Waals surface area contributed by atoms with Crippen molar-refractivity contribution in [2.45, 2.75) is 32.2 Å². The Morgan fingerprint density at radius 2 is 1.96 bits per heavy atom. The van der Waals surface area contributed by atoms with Gasteiger partial charge in [-0.2, -0.15) is 0 Å². The summed E-state index contributed by atoms with van der Waals surface area (Å²) in [7, 11) is 0. The summed E-state index contributed by atoms with van der Waals surface area (Å²) in [6, 6.07) is 11.7. The second kappa shape index (κ2) is 7.25. The van der Waals surface area contributed by atoms with Crippen LogP contribution < -0.4 is 5.32 Å². The quantitative estimate of drug-likeness (QED) is 0.864. The second-order valence-corrected chi connectivity index (χ2v) is 6.13. The fraction of sp³-hybridized carbons (Fsp3) is 0.316. The van der Waals surface area contributed by atoms with E-state index in [0.29, 0.717) is 12.2 Å². The van der Waals surface area contributed by atoms with Gasteiger partial charge in [0.25, 0.3) is 0 Å². The molecule has 0 saturated carbocycles. The fourth-order valence-corrected chi connectivity index (χ4v) is 3.13. The van der Waals surface area contributed by atoms with E-state index in [9.17, 15) is 9.59 Å². The van der Waals surface area contributed by atoms with E-state index in [1.807, 2.05) is 37.3 Å². The van der Waals surface area contributed by atoms with Crippen molar-refractivity contribution in [3.8, 4) is 0 Å². The predicted molar refractivity (Wildman–Crippen MR) is 92.4 cm³/mol. The summed E-state index contributed by atoms with van der Waals surface area (Å²) >= 11 is 0. The molecule has 1 aliphatic rings. The number of aryl methyl sites for hydroxylation is 1. The summed E-state index contributed by atoms with van der Waals surface area (Å²) in [5, 5.41) is 2.66. The van der Waals surface area contributed by atoms with Crippen LogP contribution in [0.3, 0.4) is 0 Å². The maximum atomic E-state index is 12.7. The highest BCUT2D eigenvalue weighted by Gasteiger charge is 2.31. The zero-order valence-electron chi connectivity index (χ0n) is 13.7. The molecule has 0 bridgehead atoms. The van der Waals surface area contributed by atoms with E-state index >= 15 is 0 Å². The summed E-state index contributed by atoms with van der Waals surface area (Å²) in [5.41, 5.74) is 2.55. The molecule has 5 heteroatoms. The van der Waals surface area contributed by atoms with Crippen LogP contribution in [0.2, 0.25) is 0 Å². The molecule has 1 aromatic heterocycles. The third-order valence-electron chi connectivity index (χ3n) is 4.28. The first kappa shape index (κ1) is 16.2. The Kier molecular flexibility index (Phi) is 4.89. The number of hydrogen-bond acceptors (Lipinski definition) is 3. The lowest BCUT2D eigenvalue weighted by molar-refractivity contribution is -0.145. The Morgan fingerprint density at radius 1 is 1.17 bits per heavy atom. The molecule has 1 atom stereocenters. The van der Waals surface area contributed by atoms with E-state index in [2.05, 4.69) is 10.3 Å². The number of hydrogen-bond donors (Lipinski definition) is 1. The van der Waals surface area contributed by atoms with Crippen LogP contribution >= 0.6 is 0 Å². The van der Waals surface area contributed by atoms with Gasteiger partial charge in [-0.15, -0.1) is 0 Å². The predicted octanol–water partition coefficient (Wildman–Crippen LogP) is 3.08. The van der Waals surface area contributed by atoms with E-state index in [4.69, 9.17) is 0 Å². The minimum atomic E-state index is -0.606. The number of carbonyl (C=O) groups excluding carboxylic acids is 2. The molecule has 0 unspecified atom stereocenters. The minimum Gasteiger partial charge on any atom is -0.327 e. The largest absolute Gasteiger partial charge is 0.327 e. The van der Waals surface area contributed by atoms with E-state index < -0.39 is 11.8 Å². The van der Waals surface area contributed by atoms with Crippen LogP contribution in [-0.4, -0.2) is 28.2 Å². The highest BCUT2D eigenvalue weighted by molar-refractivity contribution is 6.39. The third kappa shape index (κ3) is 3.62. The van der Waals surface area contributed by atoms with Crippen molar-refractivity contribution in [3.63, 3.8) is 0 Å². The number of nitrogens with zero attached hydrogens (tertiary/aromatic N) is 2. The Hall–Kier alpha value is -2.69. The molecule has 2 heterocycles. The SMILES string of the molecule is Cc1cncc(NC(=O)C(=O)N2CCCC[C@H]2c2ccccc2)c1. The summed E-state index contributed by atoms with van der Waals surface area (Å²) in [4.78, 5) is 30.8. The van der Waals surface area contributed by atoms with Gasteiger partial charge >= 0.3 is 11.8 Å². The first-order valence-electron chi connectivity index (χ1n) is 8.23. The van der Waals surface area contributed by atoms with Crippen molar-refractivity contribution in [2.24, 2.45) is 0 Å². The van der Waals surface area contributed by atoms with Gasteiger partial charge in [0.05, 0.1) is 17.9 Å². The molecule has 1 fully saturated rings. The van der Waals surface area contributed by atoms with Crippen LogP contribution in [0.5, 0.6) is 0 Å². The molecule has 0 spiro atoms. The molecule has 0 radical (unpaired) electrons. The lowest BCUT2D eigenvalue weighted by Crippen LogP contribution is -2.44. The number of aromatic nitrogens is 1. The summed E-state index contributed by atoms with van der Waals surface area (Å²) < 4.78 is 0. The minimum absolute atomic E-state index is 0.0335. The van der Waals surface area contributed by atoms with Crippen LogP contribution in [0.1, 0.15) is 36.4 Å². The van der Waals surface area contributed by atoms with Crippen LogP contribution in [0.4, 0.5) is 5.69 Å². The number of likely N-dealkylation sites (tertiary alicyclic amines) is 1. The molecule has 124 valence electrons. The smallest absolute Gasteiger partial charge is 0.313 e. The van der Waals surface area contributed by atoms with Gasteiger partial charge < -0.3 is 10.2 Å². The van der Waals surface area contributed by atoms with E-state index in [1.54, 1.807) is 23.4 Å². The van der Waals surface area contributed by atoms with E-state index in [1.165, 1.54) is 0 Å². The van der Waals surface area contributed by atoms with Gasteiger partial charge in [-0.1, -0.05) is 30.3 Å². The Bertz CT molecular complexity index is 730. The molecule has 24 heavy (non-hydrogen) atoms. The molecule has 2 amide bonds. The first-order valence-corrected chi connectivity index (χ1v) is 8.23. The number of nitrogens with one attached hydrogen (secondary N) is 1. The summed E-state index contributed by atoms with van der Waals surface area (Å²) in [6.45, 7) is 2.50.